The van der Waals surface area contributed by atoms with Crippen LogP contribution in [0.15, 0.2) is 18.2 Å². The summed E-state index contributed by atoms with van der Waals surface area (Å²) in [5, 5.41) is 9.16. The van der Waals surface area contributed by atoms with E-state index in [1.165, 1.54) is 0 Å². The predicted molar refractivity (Wildman–Crippen MR) is 64.1 cm³/mol. The molecule has 1 unspecified atom stereocenters. The Morgan fingerprint density at radius 3 is 2.81 bits per heavy atom. The molecular formula is C13H17NO2. The maximum Gasteiger partial charge on any atom is 0.337 e. The molecule has 3 heteroatoms. The second-order valence-corrected chi connectivity index (χ2v) is 4.67. The molecule has 1 aromatic carbocycles. The van der Waals surface area contributed by atoms with Crippen LogP contribution in [0.5, 0.6) is 0 Å². The minimum atomic E-state index is -0.838. The van der Waals surface area contributed by atoms with Gasteiger partial charge in [-0.2, -0.15) is 0 Å². The number of carboxylic acid groups (broad SMARTS) is 1. The fraction of sp³-hybridized carbons (Fsp3) is 0.462. The first-order chi connectivity index (χ1) is 7.58. The Labute approximate surface area is 95.7 Å². The van der Waals surface area contributed by atoms with Crippen LogP contribution in [-0.4, -0.2) is 24.2 Å². The third kappa shape index (κ3) is 2.03. The van der Waals surface area contributed by atoms with Gasteiger partial charge in [-0.1, -0.05) is 13.0 Å². The van der Waals surface area contributed by atoms with Crippen molar-refractivity contribution in [2.24, 2.45) is 5.92 Å². The summed E-state index contributed by atoms with van der Waals surface area (Å²) >= 11 is 0. The van der Waals surface area contributed by atoms with Gasteiger partial charge in [-0.3, -0.25) is 0 Å². The van der Waals surface area contributed by atoms with Gasteiger partial charge < -0.3 is 10.0 Å². The minimum absolute atomic E-state index is 0.416. The largest absolute Gasteiger partial charge is 0.478 e. The molecule has 86 valence electrons. The summed E-state index contributed by atoms with van der Waals surface area (Å²) < 4.78 is 0. The van der Waals surface area contributed by atoms with Gasteiger partial charge in [0, 0.05) is 13.1 Å². The zero-order valence-corrected chi connectivity index (χ0v) is 9.73. The number of carboxylic acids is 1. The zero-order valence-electron chi connectivity index (χ0n) is 9.73. The molecule has 0 aromatic heterocycles. The molecule has 1 heterocycles. The first kappa shape index (κ1) is 11.0. The standard InChI is InChI=1S/C13H17NO2/c1-9-3-4-11(13(15)16)12(7-9)14-6-5-10(2)8-14/h3-4,7,10H,5-6,8H2,1-2H3,(H,15,16). The summed E-state index contributed by atoms with van der Waals surface area (Å²) in [4.78, 5) is 13.3. The second-order valence-electron chi connectivity index (χ2n) is 4.67. The first-order valence-electron chi connectivity index (χ1n) is 5.67. The van der Waals surface area contributed by atoms with E-state index < -0.39 is 5.97 Å². The first-order valence-corrected chi connectivity index (χ1v) is 5.67. The molecule has 1 saturated heterocycles. The van der Waals surface area contributed by atoms with Crippen LogP contribution in [0.25, 0.3) is 0 Å². The minimum Gasteiger partial charge on any atom is -0.478 e. The third-order valence-corrected chi connectivity index (χ3v) is 3.15. The van der Waals surface area contributed by atoms with Gasteiger partial charge in [0.2, 0.25) is 0 Å². The average Bonchev–Trinajstić information content (AvgIpc) is 2.64. The number of hydrogen-bond donors (Lipinski definition) is 1. The highest BCUT2D eigenvalue weighted by molar-refractivity contribution is 5.94. The van der Waals surface area contributed by atoms with Crippen molar-refractivity contribution in [1.29, 1.82) is 0 Å². The fourth-order valence-electron chi connectivity index (χ4n) is 2.24. The van der Waals surface area contributed by atoms with Crippen LogP contribution >= 0.6 is 0 Å². The van der Waals surface area contributed by atoms with Gasteiger partial charge in [0.05, 0.1) is 11.3 Å². The van der Waals surface area contributed by atoms with Crippen molar-refractivity contribution in [3.8, 4) is 0 Å². The quantitative estimate of drug-likeness (QED) is 0.831. The highest BCUT2D eigenvalue weighted by Crippen LogP contribution is 2.27. The van der Waals surface area contributed by atoms with E-state index in [0.717, 1.165) is 30.8 Å². The van der Waals surface area contributed by atoms with Gasteiger partial charge >= 0.3 is 5.97 Å². The lowest BCUT2D eigenvalue weighted by Crippen LogP contribution is -2.21. The van der Waals surface area contributed by atoms with Crippen LogP contribution in [0.1, 0.15) is 29.3 Å². The molecule has 0 aliphatic carbocycles. The highest BCUT2D eigenvalue weighted by Gasteiger charge is 2.22. The van der Waals surface area contributed by atoms with E-state index >= 15 is 0 Å². The number of carbonyl (C=O) groups is 1. The molecule has 0 saturated carbocycles. The monoisotopic (exact) mass is 219 g/mol. The van der Waals surface area contributed by atoms with Gasteiger partial charge in [0.1, 0.15) is 0 Å². The molecular weight excluding hydrogens is 202 g/mol. The lowest BCUT2D eigenvalue weighted by Gasteiger charge is -2.20. The maximum atomic E-state index is 11.1. The number of hydrogen-bond acceptors (Lipinski definition) is 2. The number of anilines is 1. The maximum absolute atomic E-state index is 11.1. The van der Waals surface area contributed by atoms with Crippen molar-refractivity contribution in [2.75, 3.05) is 18.0 Å². The molecule has 16 heavy (non-hydrogen) atoms. The van der Waals surface area contributed by atoms with E-state index in [4.69, 9.17) is 5.11 Å². The average molecular weight is 219 g/mol. The lowest BCUT2D eigenvalue weighted by atomic mass is 10.1. The van der Waals surface area contributed by atoms with E-state index in [1.807, 2.05) is 19.1 Å². The predicted octanol–water partition coefficient (Wildman–Crippen LogP) is 2.54. The number of aromatic carboxylic acids is 1. The van der Waals surface area contributed by atoms with Crippen LogP contribution in [-0.2, 0) is 0 Å². The van der Waals surface area contributed by atoms with Crippen molar-refractivity contribution in [3.05, 3.63) is 29.3 Å². The van der Waals surface area contributed by atoms with Crippen molar-refractivity contribution >= 4 is 11.7 Å². The Kier molecular flexibility index (Phi) is 2.86. The number of nitrogens with zero attached hydrogens (tertiary/aromatic N) is 1. The van der Waals surface area contributed by atoms with E-state index in [1.54, 1.807) is 6.07 Å². The summed E-state index contributed by atoms with van der Waals surface area (Å²) in [7, 11) is 0. The molecule has 1 N–H and O–H groups in total. The second kappa shape index (κ2) is 4.16. The fourth-order valence-corrected chi connectivity index (χ4v) is 2.24. The SMILES string of the molecule is Cc1ccc(C(=O)O)c(N2CCC(C)C2)c1. The van der Waals surface area contributed by atoms with Gasteiger partial charge in [-0.05, 0) is 37.0 Å². The Bertz CT molecular complexity index is 414. The lowest BCUT2D eigenvalue weighted by molar-refractivity contribution is 0.0697. The molecule has 1 atom stereocenters. The Morgan fingerprint density at radius 2 is 2.25 bits per heavy atom. The molecule has 1 aliphatic heterocycles. The summed E-state index contributed by atoms with van der Waals surface area (Å²) in [6.45, 7) is 6.12. The molecule has 1 fully saturated rings. The van der Waals surface area contributed by atoms with Crippen LogP contribution in [0, 0.1) is 12.8 Å². The van der Waals surface area contributed by atoms with Gasteiger partial charge in [0.15, 0.2) is 0 Å². The van der Waals surface area contributed by atoms with E-state index in [2.05, 4.69) is 11.8 Å². The molecule has 3 nitrogen and oxygen atoms in total. The number of rotatable bonds is 2. The molecule has 0 bridgehead atoms. The Morgan fingerprint density at radius 1 is 1.50 bits per heavy atom. The van der Waals surface area contributed by atoms with E-state index in [0.29, 0.717) is 11.5 Å². The summed E-state index contributed by atoms with van der Waals surface area (Å²) in [5.74, 6) is -0.184. The molecule has 1 aromatic rings. The summed E-state index contributed by atoms with van der Waals surface area (Å²) in [6.07, 6.45) is 1.15. The van der Waals surface area contributed by atoms with Crippen LogP contribution in [0.3, 0.4) is 0 Å². The third-order valence-electron chi connectivity index (χ3n) is 3.15. The number of aryl methyl sites for hydroxylation is 1. The molecule has 0 amide bonds. The summed E-state index contributed by atoms with van der Waals surface area (Å²) in [6, 6.07) is 5.53. The molecule has 2 rings (SSSR count). The van der Waals surface area contributed by atoms with Gasteiger partial charge in [-0.15, -0.1) is 0 Å². The molecule has 0 radical (unpaired) electrons. The normalized spacial score (nSPS) is 20.1. The van der Waals surface area contributed by atoms with Gasteiger partial charge in [0.25, 0.3) is 0 Å². The smallest absolute Gasteiger partial charge is 0.337 e. The topological polar surface area (TPSA) is 40.5 Å². The van der Waals surface area contributed by atoms with Crippen molar-refractivity contribution in [1.82, 2.24) is 0 Å². The van der Waals surface area contributed by atoms with Gasteiger partial charge in [-0.25, -0.2) is 4.79 Å². The Balaban J connectivity index is 2.37. The zero-order chi connectivity index (χ0) is 11.7. The van der Waals surface area contributed by atoms with Crippen molar-refractivity contribution < 1.29 is 9.90 Å². The van der Waals surface area contributed by atoms with E-state index in [-0.39, 0.29) is 0 Å². The Hall–Kier alpha value is -1.51. The van der Waals surface area contributed by atoms with Crippen LogP contribution in [0.4, 0.5) is 5.69 Å². The van der Waals surface area contributed by atoms with Crippen molar-refractivity contribution in [2.45, 2.75) is 20.3 Å². The van der Waals surface area contributed by atoms with E-state index in [9.17, 15) is 4.79 Å². The highest BCUT2D eigenvalue weighted by atomic mass is 16.4. The number of benzene rings is 1. The summed E-state index contributed by atoms with van der Waals surface area (Å²) in [5.41, 5.74) is 2.40. The van der Waals surface area contributed by atoms with Crippen molar-refractivity contribution in [3.63, 3.8) is 0 Å². The van der Waals surface area contributed by atoms with Crippen LogP contribution in [0.2, 0.25) is 0 Å². The molecule has 1 aliphatic rings. The molecule has 0 spiro atoms. The van der Waals surface area contributed by atoms with Crippen LogP contribution < -0.4 is 4.90 Å².